The molecule has 0 aliphatic carbocycles. The summed E-state index contributed by atoms with van der Waals surface area (Å²) in [5.41, 5.74) is 5.65. The summed E-state index contributed by atoms with van der Waals surface area (Å²) in [6.45, 7) is 4.78. The average molecular weight is 236 g/mol. The lowest BCUT2D eigenvalue weighted by atomic mass is 9.94. The molecule has 0 saturated carbocycles. The second-order valence-electron chi connectivity index (χ2n) is 4.56. The van der Waals surface area contributed by atoms with Crippen LogP contribution in [0, 0.1) is 11.8 Å². The summed E-state index contributed by atoms with van der Waals surface area (Å²) < 4.78 is 0. The van der Waals surface area contributed by atoms with Gasteiger partial charge in [-0.15, -0.1) is 0 Å². The van der Waals surface area contributed by atoms with Crippen molar-refractivity contribution < 1.29 is 4.79 Å². The number of hydrogen-bond acceptors (Lipinski definition) is 4. The molecule has 1 aromatic heterocycles. The molecule has 0 bridgehead atoms. The minimum Gasteiger partial charge on any atom is -0.330 e. The highest BCUT2D eigenvalue weighted by Gasteiger charge is 2.14. The molecule has 1 unspecified atom stereocenters. The van der Waals surface area contributed by atoms with Crippen molar-refractivity contribution in [2.24, 2.45) is 17.6 Å². The monoisotopic (exact) mass is 236 g/mol. The van der Waals surface area contributed by atoms with Gasteiger partial charge >= 0.3 is 0 Å². The molecular weight excluding hydrogens is 216 g/mol. The molecule has 0 fully saturated rings. The zero-order valence-electron chi connectivity index (χ0n) is 10.4. The fraction of sp³-hybridized carbons (Fsp3) is 0.583. The van der Waals surface area contributed by atoms with Gasteiger partial charge in [0.05, 0.1) is 0 Å². The molecule has 0 aliphatic heterocycles. The fourth-order valence-electron chi connectivity index (χ4n) is 1.73. The number of nitrogens with two attached hydrogens (primary N) is 1. The number of aromatic nitrogens is 2. The molecule has 0 aliphatic rings. The number of rotatable bonds is 6. The van der Waals surface area contributed by atoms with Crippen molar-refractivity contribution >= 4 is 11.9 Å². The van der Waals surface area contributed by atoms with Crippen LogP contribution < -0.4 is 11.1 Å². The zero-order chi connectivity index (χ0) is 12.7. The Kier molecular flexibility index (Phi) is 5.56. The fourth-order valence-corrected chi connectivity index (χ4v) is 1.73. The van der Waals surface area contributed by atoms with Gasteiger partial charge in [0.1, 0.15) is 0 Å². The Labute approximate surface area is 102 Å². The third-order valence-electron chi connectivity index (χ3n) is 2.43. The van der Waals surface area contributed by atoms with Crippen molar-refractivity contribution in [3.63, 3.8) is 0 Å². The first-order valence-corrected chi connectivity index (χ1v) is 5.88. The molecule has 1 atom stereocenters. The summed E-state index contributed by atoms with van der Waals surface area (Å²) in [7, 11) is 0. The average Bonchev–Trinajstić information content (AvgIpc) is 2.28. The van der Waals surface area contributed by atoms with Gasteiger partial charge in [0.25, 0.3) is 0 Å². The van der Waals surface area contributed by atoms with E-state index >= 15 is 0 Å². The number of nitrogens with zero attached hydrogens (tertiary/aromatic N) is 2. The predicted octanol–water partition coefficient (Wildman–Crippen LogP) is 1.43. The first kappa shape index (κ1) is 13.6. The van der Waals surface area contributed by atoms with Gasteiger partial charge in [-0.25, -0.2) is 9.97 Å². The largest absolute Gasteiger partial charge is 0.330 e. The maximum Gasteiger partial charge on any atom is 0.229 e. The van der Waals surface area contributed by atoms with E-state index in [9.17, 15) is 4.79 Å². The van der Waals surface area contributed by atoms with E-state index in [0.717, 1.165) is 6.42 Å². The van der Waals surface area contributed by atoms with E-state index in [1.54, 1.807) is 18.5 Å². The smallest absolute Gasteiger partial charge is 0.229 e. The Balaban J connectivity index is 2.43. The molecule has 1 amide bonds. The molecule has 17 heavy (non-hydrogen) atoms. The topological polar surface area (TPSA) is 80.9 Å². The number of hydrogen-bond donors (Lipinski definition) is 2. The Morgan fingerprint density at radius 1 is 1.41 bits per heavy atom. The lowest BCUT2D eigenvalue weighted by molar-refractivity contribution is -0.117. The van der Waals surface area contributed by atoms with Crippen LogP contribution in [0.3, 0.4) is 0 Å². The minimum atomic E-state index is -0.0766. The summed E-state index contributed by atoms with van der Waals surface area (Å²) in [4.78, 5) is 19.6. The molecule has 0 aromatic carbocycles. The summed E-state index contributed by atoms with van der Waals surface area (Å²) in [6, 6.07) is 1.71. The van der Waals surface area contributed by atoms with E-state index in [1.165, 1.54) is 0 Å². The van der Waals surface area contributed by atoms with E-state index in [-0.39, 0.29) is 11.8 Å². The lowest BCUT2D eigenvalue weighted by Gasteiger charge is -2.16. The van der Waals surface area contributed by atoms with E-state index in [4.69, 9.17) is 5.73 Å². The van der Waals surface area contributed by atoms with Crippen molar-refractivity contribution in [1.82, 2.24) is 9.97 Å². The number of carbonyl (C=O) groups excluding carboxylic acids is 1. The van der Waals surface area contributed by atoms with Crippen LogP contribution >= 0.6 is 0 Å². The third kappa shape index (κ3) is 5.40. The summed E-state index contributed by atoms with van der Waals surface area (Å²) in [6.07, 6.45) is 4.57. The Bertz CT molecular complexity index is 340. The van der Waals surface area contributed by atoms with E-state index < -0.39 is 0 Å². The molecule has 0 spiro atoms. The highest BCUT2D eigenvalue weighted by Crippen LogP contribution is 2.14. The lowest BCUT2D eigenvalue weighted by Crippen LogP contribution is -2.24. The van der Waals surface area contributed by atoms with Gasteiger partial charge in [-0.2, -0.15) is 0 Å². The SMILES string of the molecule is CC(C)CC(CN)CC(=O)Nc1ncccn1. The number of amides is 1. The van der Waals surface area contributed by atoms with Crippen LogP contribution in [0.2, 0.25) is 0 Å². The quantitative estimate of drug-likeness (QED) is 0.782. The van der Waals surface area contributed by atoms with Gasteiger partial charge in [0.15, 0.2) is 0 Å². The van der Waals surface area contributed by atoms with E-state index in [2.05, 4.69) is 29.1 Å². The standard InChI is InChI=1S/C12H20N4O/c1-9(2)6-10(8-13)7-11(17)16-12-14-4-3-5-15-12/h3-5,9-10H,6-8,13H2,1-2H3,(H,14,15,16,17). The van der Waals surface area contributed by atoms with Crippen molar-refractivity contribution in [3.05, 3.63) is 18.5 Å². The van der Waals surface area contributed by atoms with Crippen LogP contribution in [0.15, 0.2) is 18.5 Å². The second-order valence-corrected chi connectivity index (χ2v) is 4.56. The maximum absolute atomic E-state index is 11.7. The first-order chi connectivity index (χ1) is 8.11. The highest BCUT2D eigenvalue weighted by molar-refractivity contribution is 5.89. The van der Waals surface area contributed by atoms with Crippen LogP contribution in [0.25, 0.3) is 0 Å². The van der Waals surface area contributed by atoms with Gasteiger partial charge in [0, 0.05) is 18.8 Å². The Morgan fingerprint density at radius 2 is 2.06 bits per heavy atom. The molecule has 5 heteroatoms. The molecule has 0 saturated heterocycles. The summed E-state index contributed by atoms with van der Waals surface area (Å²) in [5, 5.41) is 2.66. The van der Waals surface area contributed by atoms with Crippen LogP contribution in [0.4, 0.5) is 5.95 Å². The van der Waals surface area contributed by atoms with Crippen molar-refractivity contribution in [2.45, 2.75) is 26.7 Å². The second kappa shape index (κ2) is 6.96. The number of anilines is 1. The normalized spacial score (nSPS) is 12.5. The summed E-state index contributed by atoms with van der Waals surface area (Å²) in [5.74, 6) is 1.04. The van der Waals surface area contributed by atoms with Crippen LogP contribution in [-0.4, -0.2) is 22.4 Å². The molecule has 1 rings (SSSR count). The molecule has 1 aromatic rings. The molecule has 3 N–H and O–H groups in total. The first-order valence-electron chi connectivity index (χ1n) is 5.88. The van der Waals surface area contributed by atoms with Crippen LogP contribution in [0.1, 0.15) is 26.7 Å². The Hall–Kier alpha value is -1.49. The van der Waals surface area contributed by atoms with Gasteiger partial charge in [0.2, 0.25) is 11.9 Å². The molecule has 5 nitrogen and oxygen atoms in total. The van der Waals surface area contributed by atoms with Gasteiger partial charge in [-0.1, -0.05) is 13.8 Å². The van der Waals surface area contributed by atoms with Crippen molar-refractivity contribution in [3.8, 4) is 0 Å². The Morgan fingerprint density at radius 3 is 2.59 bits per heavy atom. The number of carbonyl (C=O) groups is 1. The summed E-state index contributed by atoms with van der Waals surface area (Å²) >= 11 is 0. The maximum atomic E-state index is 11.7. The van der Waals surface area contributed by atoms with Gasteiger partial charge in [-0.05, 0) is 30.9 Å². The van der Waals surface area contributed by atoms with Gasteiger partial charge in [-0.3, -0.25) is 10.1 Å². The molecule has 94 valence electrons. The van der Waals surface area contributed by atoms with Crippen LogP contribution in [0.5, 0.6) is 0 Å². The number of nitrogens with one attached hydrogen (secondary N) is 1. The van der Waals surface area contributed by atoms with Crippen LogP contribution in [-0.2, 0) is 4.79 Å². The molecule has 0 radical (unpaired) electrons. The van der Waals surface area contributed by atoms with Gasteiger partial charge < -0.3 is 5.73 Å². The third-order valence-corrected chi connectivity index (χ3v) is 2.43. The van der Waals surface area contributed by atoms with E-state index in [1.807, 2.05) is 0 Å². The van der Waals surface area contributed by atoms with Crippen molar-refractivity contribution in [1.29, 1.82) is 0 Å². The van der Waals surface area contributed by atoms with Crippen molar-refractivity contribution in [2.75, 3.05) is 11.9 Å². The zero-order valence-corrected chi connectivity index (χ0v) is 10.4. The molecule has 1 heterocycles. The minimum absolute atomic E-state index is 0.0766. The predicted molar refractivity (Wildman–Crippen MR) is 67.3 cm³/mol. The van der Waals surface area contributed by atoms with E-state index in [0.29, 0.717) is 24.8 Å². The molecular formula is C12H20N4O. The highest BCUT2D eigenvalue weighted by atomic mass is 16.1.